The predicted octanol–water partition coefficient (Wildman–Crippen LogP) is 1.96. The first-order valence-electron chi connectivity index (χ1n) is 8.15. The van der Waals surface area contributed by atoms with E-state index in [9.17, 15) is 4.79 Å². The molecule has 5 nitrogen and oxygen atoms in total. The molecular weight excluding hydrogens is 266 g/mol. The third kappa shape index (κ3) is 4.85. The number of alkyl carbamates (subject to hydrolysis) is 1. The predicted molar refractivity (Wildman–Crippen MR) is 84.1 cm³/mol. The number of nitrogens with one attached hydrogen (secondary N) is 1. The van der Waals surface area contributed by atoms with Gasteiger partial charge < -0.3 is 20.7 Å². The van der Waals surface area contributed by atoms with E-state index >= 15 is 0 Å². The van der Waals surface area contributed by atoms with Gasteiger partial charge >= 0.3 is 6.09 Å². The average molecular weight is 297 g/mol. The van der Waals surface area contributed by atoms with E-state index in [4.69, 9.17) is 10.5 Å². The molecule has 1 saturated carbocycles. The number of nitrogens with zero attached hydrogens (tertiary/aromatic N) is 1. The summed E-state index contributed by atoms with van der Waals surface area (Å²) in [5, 5.41) is 2.96. The minimum Gasteiger partial charge on any atom is -0.444 e. The second kappa shape index (κ2) is 6.13. The summed E-state index contributed by atoms with van der Waals surface area (Å²) in [6.07, 6.45) is 3.54. The van der Waals surface area contributed by atoms with Crippen molar-refractivity contribution in [1.82, 2.24) is 10.2 Å². The normalized spacial score (nSPS) is 26.4. The molecule has 0 aromatic heterocycles. The van der Waals surface area contributed by atoms with Gasteiger partial charge in [-0.2, -0.15) is 0 Å². The summed E-state index contributed by atoms with van der Waals surface area (Å²) < 4.78 is 5.33. The summed E-state index contributed by atoms with van der Waals surface area (Å²) in [6, 6.07) is 0.206. The SMILES string of the molecule is CC(N)CN1CCC2(CC2)C(CNC(=O)OC(C)(C)C)C1. The van der Waals surface area contributed by atoms with Gasteiger partial charge in [0.25, 0.3) is 0 Å². The Hall–Kier alpha value is -0.810. The molecule has 1 spiro atoms. The van der Waals surface area contributed by atoms with Gasteiger partial charge in [0.1, 0.15) is 5.60 Å². The largest absolute Gasteiger partial charge is 0.444 e. The topological polar surface area (TPSA) is 67.6 Å². The van der Waals surface area contributed by atoms with Crippen molar-refractivity contribution < 1.29 is 9.53 Å². The Morgan fingerprint density at radius 2 is 2.10 bits per heavy atom. The van der Waals surface area contributed by atoms with E-state index < -0.39 is 5.60 Å². The zero-order valence-electron chi connectivity index (χ0n) is 13.9. The molecule has 1 saturated heterocycles. The molecule has 2 rings (SSSR count). The number of nitrogens with two attached hydrogens (primary N) is 1. The van der Waals surface area contributed by atoms with Crippen LogP contribution >= 0.6 is 0 Å². The Balaban J connectivity index is 1.83. The number of carbonyl (C=O) groups excluding carboxylic acids is 1. The summed E-state index contributed by atoms with van der Waals surface area (Å²) in [5.74, 6) is 0.525. The van der Waals surface area contributed by atoms with Crippen molar-refractivity contribution in [3.8, 4) is 0 Å². The highest BCUT2D eigenvalue weighted by Crippen LogP contribution is 2.56. The molecule has 2 fully saturated rings. The van der Waals surface area contributed by atoms with Crippen molar-refractivity contribution in [1.29, 1.82) is 0 Å². The first kappa shape index (κ1) is 16.6. The molecule has 2 aliphatic rings. The molecule has 2 unspecified atom stereocenters. The van der Waals surface area contributed by atoms with Crippen LogP contribution < -0.4 is 11.1 Å². The molecule has 21 heavy (non-hydrogen) atoms. The fraction of sp³-hybridized carbons (Fsp3) is 0.938. The van der Waals surface area contributed by atoms with Crippen LogP contribution in [-0.4, -0.2) is 48.8 Å². The van der Waals surface area contributed by atoms with E-state index in [2.05, 4.69) is 17.1 Å². The first-order valence-corrected chi connectivity index (χ1v) is 8.15. The molecule has 5 heteroatoms. The lowest BCUT2D eigenvalue weighted by atomic mass is 9.82. The van der Waals surface area contributed by atoms with Crippen LogP contribution in [0.2, 0.25) is 0 Å². The molecule has 1 aliphatic heterocycles. The van der Waals surface area contributed by atoms with Crippen molar-refractivity contribution in [2.24, 2.45) is 17.1 Å². The average Bonchev–Trinajstić information content (AvgIpc) is 3.08. The number of hydrogen-bond donors (Lipinski definition) is 2. The maximum atomic E-state index is 11.8. The van der Waals surface area contributed by atoms with E-state index in [1.54, 1.807) is 0 Å². The Bertz CT molecular complexity index is 372. The van der Waals surface area contributed by atoms with Gasteiger partial charge in [-0.05, 0) is 64.8 Å². The minimum atomic E-state index is -0.436. The van der Waals surface area contributed by atoms with Crippen LogP contribution in [0.1, 0.15) is 47.0 Å². The third-order valence-corrected chi connectivity index (χ3v) is 4.60. The van der Waals surface area contributed by atoms with Crippen LogP contribution in [0, 0.1) is 11.3 Å². The van der Waals surface area contributed by atoms with Crippen LogP contribution in [0.25, 0.3) is 0 Å². The number of likely N-dealkylation sites (tertiary alicyclic amines) is 1. The van der Waals surface area contributed by atoms with E-state index in [0.29, 0.717) is 17.9 Å². The highest BCUT2D eigenvalue weighted by Gasteiger charge is 2.51. The standard InChI is InChI=1S/C16H31N3O2/c1-12(17)10-19-8-7-16(5-6-16)13(11-19)9-18-14(20)21-15(2,3)4/h12-13H,5-11,17H2,1-4H3,(H,18,20). The van der Waals surface area contributed by atoms with Crippen molar-refractivity contribution in [2.45, 2.75) is 58.6 Å². The summed E-state index contributed by atoms with van der Waals surface area (Å²) in [6.45, 7) is 11.6. The highest BCUT2D eigenvalue weighted by atomic mass is 16.6. The Morgan fingerprint density at radius 1 is 1.43 bits per heavy atom. The zero-order valence-corrected chi connectivity index (χ0v) is 13.9. The van der Waals surface area contributed by atoms with Gasteiger partial charge in [0.2, 0.25) is 0 Å². The lowest BCUT2D eigenvalue weighted by Gasteiger charge is -2.40. The molecule has 1 aliphatic carbocycles. The van der Waals surface area contributed by atoms with E-state index in [1.807, 2.05) is 20.8 Å². The lowest BCUT2D eigenvalue weighted by Crippen LogP contribution is -2.49. The summed E-state index contributed by atoms with van der Waals surface area (Å²) in [7, 11) is 0. The molecule has 122 valence electrons. The first-order chi connectivity index (χ1) is 9.70. The molecule has 3 N–H and O–H groups in total. The molecule has 0 aromatic rings. The van der Waals surface area contributed by atoms with Crippen LogP contribution in [0.3, 0.4) is 0 Å². The second-order valence-corrected chi connectivity index (χ2v) is 7.93. The molecule has 0 bridgehead atoms. The Morgan fingerprint density at radius 3 is 2.62 bits per heavy atom. The second-order valence-electron chi connectivity index (χ2n) is 7.93. The zero-order chi connectivity index (χ0) is 15.7. The van der Waals surface area contributed by atoms with Gasteiger partial charge in [0.05, 0.1) is 0 Å². The number of hydrogen-bond acceptors (Lipinski definition) is 4. The van der Waals surface area contributed by atoms with Gasteiger partial charge in [-0.25, -0.2) is 4.79 Å². The Labute approximate surface area is 128 Å². The maximum absolute atomic E-state index is 11.8. The number of piperidine rings is 1. The quantitative estimate of drug-likeness (QED) is 0.832. The van der Waals surface area contributed by atoms with Crippen molar-refractivity contribution >= 4 is 6.09 Å². The molecule has 1 heterocycles. The summed E-state index contributed by atoms with van der Waals surface area (Å²) >= 11 is 0. The number of amides is 1. The molecule has 2 atom stereocenters. The van der Waals surface area contributed by atoms with Crippen LogP contribution in [0.15, 0.2) is 0 Å². The van der Waals surface area contributed by atoms with Crippen molar-refractivity contribution in [2.75, 3.05) is 26.2 Å². The van der Waals surface area contributed by atoms with Gasteiger partial charge in [0.15, 0.2) is 0 Å². The smallest absolute Gasteiger partial charge is 0.407 e. The van der Waals surface area contributed by atoms with E-state index in [1.165, 1.54) is 19.3 Å². The number of rotatable bonds is 4. The van der Waals surface area contributed by atoms with Gasteiger partial charge in [-0.1, -0.05) is 0 Å². The third-order valence-electron chi connectivity index (χ3n) is 4.60. The van der Waals surface area contributed by atoms with Gasteiger partial charge in [-0.15, -0.1) is 0 Å². The molecule has 0 radical (unpaired) electrons. The van der Waals surface area contributed by atoms with Crippen LogP contribution in [-0.2, 0) is 4.74 Å². The van der Waals surface area contributed by atoms with Crippen LogP contribution in [0.5, 0.6) is 0 Å². The van der Waals surface area contributed by atoms with Gasteiger partial charge in [-0.3, -0.25) is 0 Å². The van der Waals surface area contributed by atoms with E-state index in [0.717, 1.165) is 19.6 Å². The fourth-order valence-corrected chi connectivity index (χ4v) is 3.38. The van der Waals surface area contributed by atoms with Crippen molar-refractivity contribution in [3.05, 3.63) is 0 Å². The molecule has 0 aromatic carbocycles. The Kier molecular flexibility index (Phi) is 4.83. The molecular formula is C16H31N3O2. The number of ether oxygens (including phenoxy) is 1. The summed E-state index contributed by atoms with van der Waals surface area (Å²) in [5.41, 5.74) is 5.95. The van der Waals surface area contributed by atoms with Crippen LogP contribution in [0.4, 0.5) is 4.79 Å². The van der Waals surface area contributed by atoms with Crippen molar-refractivity contribution in [3.63, 3.8) is 0 Å². The monoisotopic (exact) mass is 297 g/mol. The summed E-state index contributed by atoms with van der Waals surface area (Å²) in [4.78, 5) is 14.3. The molecule has 1 amide bonds. The minimum absolute atomic E-state index is 0.206. The van der Waals surface area contributed by atoms with Gasteiger partial charge in [0, 0.05) is 25.7 Å². The fourth-order valence-electron chi connectivity index (χ4n) is 3.38. The maximum Gasteiger partial charge on any atom is 0.407 e. The van der Waals surface area contributed by atoms with E-state index in [-0.39, 0.29) is 12.1 Å². The lowest BCUT2D eigenvalue weighted by molar-refractivity contribution is 0.0471. The highest BCUT2D eigenvalue weighted by molar-refractivity contribution is 5.67. The number of carbonyl (C=O) groups is 1.